The van der Waals surface area contributed by atoms with Gasteiger partial charge in [0, 0.05) is 27.3 Å². The van der Waals surface area contributed by atoms with Gasteiger partial charge in [-0.25, -0.2) is 9.97 Å². The van der Waals surface area contributed by atoms with Crippen molar-refractivity contribution in [3.8, 4) is 28.6 Å². The van der Waals surface area contributed by atoms with Crippen LogP contribution >= 0.6 is 22.6 Å². The van der Waals surface area contributed by atoms with Crippen LogP contribution in [0.15, 0.2) is 60.8 Å². The Bertz CT molecular complexity index is 1230. The summed E-state index contributed by atoms with van der Waals surface area (Å²) < 4.78 is 1.09. The predicted octanol–water partition coefficient (Wildman–Crippen LogP) is 4.54. The van der Waals surface area contributed by atoms with E-state index in [-0.39, 0.29) is 12.3 Å². The molecule has 3 heterocycles. The number of hydrogen-bond donors (Lipinski definition) is 2. The van der Waals surface area contributed by atoms with Gasteiger partial charge in [-0.05, 0) is 46.4 Å². The molecule has 4 rings (SSSR count). The Labute approximate surface area is 181 Å². The molecule has 1 amide bonds. The molecule has 6 nitrogen and oxygen atoms in total. The van der Waals surface area contributed by atoms with E-state index < -0.39 is 0 Å². The van der Waals surface area contributed by atoms with Gasteiger partial charge in [0.05, 0.1) is 23.9 Å². The largest absolute Gasteiger partial charge is 0.350 e. The summed E-state index contributed by atoms with van der Waals surface area (Å²) in [5, 5.41) is 12.3. The summed E-state index contributed by atoms with van der Waals surface area (Å²) in [4.78, 5) is 24.7. The maximum Gasteiger partial charge on any atom is 0.269 e. The molecule has 142 valence electrons. The number of aromatic amines is 1. The van der Waals surface area contributed by atoms with Crippen molar-refractivity contribution in [1.82, 2.24) is 20.3 Å². The fourth-order valence-corrected chi connectivity index (χ4v) is 3.89. The third-order valence-electron chi connectivity index (χ3n) is 4.45. The van der Waals surface area contributed by atoms with Crippen molar-refractivity contribution < 1.29 is 4.79 Å². The van der Waals surface area contributed by atoms with E-state index in [0.29, 0.717) is 17.9 Å². The normalized spacial score (nSPS) is 10.6. The first-order valence-electron chi connectivity index (χ1n) is 9.02. The van der Waals surface area contributed by atoms with Gasteiger partial charge in [-0.2, -0.15) is 5.26 Å². The third-order valence-corrected chi connectivity index (χ3v) is 5.57. The van der Waals surface area contributed by atoms with Gasteiger partial charge in [0.15, 0.2) is 0 Å². The number of carbonyl (C=O) groups is 1. The highest BCUT2D eigenvalue weighted by atomic mass is 127. The number of halogens is 1. The Morgan fingerprint density at radius 1 is 1.14 bits per heavy atom. The van der Waals surface area contributed by atoms with Crippen LogP contribution in [0.3, 0.4) is 0 Å². The Hall–Kier alpha value is -3.25. The van der Waals surface area contributed by atoms with Gasteiger partial charge in [-0.3, -0.25) is 4.79 Å². The molecule has 0 atom stereocenters. The molecular formula is C22H16IN5O. The molecule has 2 N–H and O–H groups in total. The average molecular weight is 493 g/mol. The summed E-state index contributed by atoms with van der Waals surface area (Å²) in [6.07, 6.45) is 2.02. The first-order valence-corrected chi connectivity index (χ1v) is 10.1. The predicted molar refractivity (Wildman–Crippen MR) is 120 cm³/mol. The van der Waals surface area contributed by atoms with Crippen molar-refractivity contribution in [2.24, 2.45) is 0 Å². The second-order valence-electron chi connectivity index (χ2n) is 6.37. The minimum Gasteiger partial charge on any atom is -0.350 e. The van der Waals surface area contributed by atoms with E-state index in [1.54, 1.807) is 18.3 Å². The fraction of sp³-hybridized carbons (Fsp3) is 0.0909. The van der Waals surface area contributed by atoms with Gasteiger partial charge in [0.2, 0.25) is 0 Å². The summed E-state index contributed by atoms with van der Waals surface area (Å²) in [7, 11) is 0. The van der Waals surface area contributed by atoms with Gasteiger partial charge in [-0.1, -0.05) is 36.4 Å². The molecule has 29 heavy (non-hydrogen) atoms. The lowest BCUT2D eigenvalue weighted by atomic mass is 10.1. The van der Waals surface area contributed by atoms with Crippen LogP contribution in [-0.4, -0.2) is 27.4 Å². The zero-order valence-electron chi connectivity index (χ0n) is 15.3. The number of pyridine rings is 2. The third kappa shape index (κ3) is 3.98. The lowest BCUT2D eigenvalue weighted by Gasteiger charge is -2.05. The maximum absolute atomic E-state index is 12.2. The molecule has 0 aliphatic rings. The first-order chi connectivity index (χ1) is 14.2. The summed E-state index contributed by atoms with van der Waals surface area (Å²) >= 11 is 2.33. The van der Waals surface area contributed by atoms with E-state index in [9.17, 15) is 4.79 Å². The van der Waals surface area contributed by atoms with E-state index in [2.05, 4.69) is 55.0 Å². The lowest BCUT2D eigenvalue weighted by molar-refractivity contribution is 0.0949. The maximum atomic E-state index is 12.2. The van der Waals surface area contributed by atoms with Crippen LogP contribution in [0.4, 0.5) is 0 Å². The van der Waals surface area contributed by atoms with Crippen LogP contribution in [0.1, 0.15) is 16.9 Å². The number of nitrogens with zero attached hydrogens (tertiary/aromatic N) is 3. The number of nitrogens with one attached hydrogen (secondary N) is 2. The molecule has 0 unspecified atom stereocenters. The number of nitriles is 1. The van der Waals surface area contributed by atoms with E-state index in [0.717, 1.165) is 31.4 Å². The monoisotopic (exact) mass is 493 g/mol. The lowest BCUT2D eigenvalue weighted by Crippen LogP contribution is -2.25. The summed E-state index contributed by atoms with van der Waals surface area (Å²) in [5.74, 6) is -0.293. The smallest absolute Gasteiger partial charge is 0.269 e. The van der Waals surface area contributed by atoms with Gasteiger partial charge < -0.3 is 10.3 Å². The van der Waals surface area contributed by atoms with Crippen LogP contribution in [0, 0.1) is 14.9 Å². The molecule has 0 aliphatic carbocycles. The van der Waals surface area contributed by atoms with E-state index in [1.807, 2.05) is 36.4 Å². The molecule has 3 aromatic heterocycles. The van der Waals surface area contributed by atoms with Crippen molar-refractivity contribution >= 4 is 39.5 Å². The van der Waals surface area contributed by atoms with Gasteiger partial charge in [-0.15, -0.1) is 0 Å². The van der Waals surface area contributed by atoms with Crippen molar-refractivity contribution in [3.05, 3.63) is 70.1 Å². The van der Waals surface area contributed by atoms with Crippen molar-refractivity contribution in [3.63, 3.8) is 0 Å². The minimum absolute atomic E-state index is 0.266. The molecule has 7 heteroatoms. The standard InChI is InChI=1S/C22H16IN5O/c23-19-16-12-15(13-26-21(16)28-20(19)14-6-2-1-3-7-14)17-8-4-9-18(27-17)22(29)25-11-5-10-24/h1-4,6-9,12-13H,5,11H2,(H,25,29)(H,26,28). The fourth-order valence-electron chi connectivity index (χ4n) is 3.03. The Kier molecular flexibility index (Phi) is 5.53. The summed E-state index contributed by atoms with van der Waals surface area (Å²) in [6, 6.07) is 19.5. The number of aromatic nitrogens is 3. The highest BCUT2D eigenvalue weighted by molar-refractivity contribution is 14.1. The first kappa shape index (κ1) is 19.1. The second kappa shape index (κ2) is 8.41. The van der Waals surface area contributed by atoms with Gasteiger partial charge in [0.1, 0.15) is 11.3 Å². The van der Waals surface area contributed by atoms with E-state index in [1.165, 1.54) is 0 Å². The number of amides is 1. The highest BCUT2D eigenvalue weighted by Gasteiger charge is 2.14. The number of rotatable bonds is 5. The van der Waals surface area contributed by atoms with E-state index in [4.69, 9.17) is 5.26 Å². The zero-order valence-corrected chi connectivity index (χ0v) is 17.5. The van der Waals surface area contributed by atoms with Crippen LogP contribution < -0.4 is 5.32 Å². The molecule has 0 spiro atoms. The van der Waals surface area contributed by atoms with Crippen LogP contribution in [-0.2, 0) is 0 Å². The molecule has 0 bridgehead atoms. The Morgan fingerprint density at radius 3 is 2.76 bits per heavy atom. The van der Waals surface area contributed by atoms with Crippen molar-refractivity contribution in [2.45, 2.75) is 6.42 Å². The second-order valence-corrected chi connectivity index (χ2v) is 7.45. The molecule has 0 fully saturated rings. The number of fused-ring (bicyclic) bond motifs is 1. The van der Waals surface area contributed by atoms with Crippen molar-refractivity contribution in [2.75, 3.05) is 6.54 Å². The molecule has 4 aromatic rings. The van der Waals surface area contributed by atoms with Gasteiger partial charge in [0.25, 0.3) is 5.91 Å². The molecule has 0 saturated carbocycles. The van der Waals surface area contributed by atoms with Crippen LogP contribution in [0.2, 0.25) is 0 Å². The molecule has 1 aromatic carbocycles. The molecular weight excluding hydrogens is 477 g/mol. The zero-order chi connectivity index (χ0) is 20.2. The average Bonchev–Trinajstić information content (AvgIpc) is 3.10. The van der Waals surface area contributed by atoms with Crippen LogP contribution in [0.5, 0.6) is 0 Å². The van der Waals surface area contributed by atoms with E-state index >= 15 is 0 Å². The minimum atomic E-state index is -0.293. The molecule has 0 saturated heterocycles. The summed E-state index contributed by atoms with van der Waals surface area (Å²) in [5.41, 5.74) is 4.76. The number of H-pyrrole nitrogens is 1. The van der Waals surface area contributed by atoms with Crippen molar-refractivity contribution in [1.29, 1.82) is 5.26 Å². The van der Waals surface area contributed by atoms with Gasteiger partial charge >= 0.3 is 0 Å². The Morgan fingerprint density at radius 2 is 1.97 bits per heavy atom. The topological polar surface area (TPSA) is 94.5 Å². The Balaban J connectivity index is 1.68. The highest BCUT2D eigenvalue weighted by Crippen LogP contribution is 2.32. The SMILES string of the molecule is N#CCCNC(=O)c1cccc(-c2cnc3[nH]c(-c4ccccc4)c(I)c3c2)n1. The summed E-state index contributed by atoms with van der Waals surface area (Å²) in [6.45, 7) is 0.304. The van der Waals surface area contributed by atoms with Crippen LogP contribution in [0.25, 0.3) is 33.5 Å². The number of benzene rings is 1. The number of carbonyl (C=O) groups excluding carboxylic acids is 1. The number of hydrogen-bond acceptors (Lipinski definition) is 4. The molecule has 0 aliphatic heterocycles. The molecule has 0 radical (unpaired) electrons. The quantitative estimate of drug-likeness (QED) is 0.315.